The summed E-state index contributed by atoms with van der Waals surface area (Å²) in [6.07, 6.45) is 0. The van der Waals surface area contributed by atoms with E-state index in [2.05, 4.69) is 0 Å². The van der Waals surface area contributed by atoms with E-state index in [0.717, 1.165) is 5.56 Å². The van der Waals surface area contributed by atoms with Crippen molar-refractivity contribution in [1.82, 2.24) is 0 Å². The van der Waals surface area contributed by atoms with Gasteiger partial charge in [0.1, 0.15) is 5.75 Å². The van der Waals surface area contributed by atoms with Crippen LogP contribution in [0.25, 0.3) is 0 Å². The number of ketones is 1. The van der Waals surface area contributed by atoms with Gasteiger partial charge in [0.15, 0.2) is 5.78 Å². The lowest BCUT2D eigenvalue weighted by molar-refractivity contribution is 0.103. The minimum atomic E-state index is -0.149. The Morgan fingerprint density at radius 1 is 1.24 bits per heavy atom. The molecule has 0 aromatic heterocycles. The monoisotopic (exact) mass is 303 g/mol. The number of anilines is 1. The first-order valence-electron chi connectivity index (χ1n) is 6.71. The van der Waals surface area contributed by atoms with Crippen LogP contribution < -0.4 is 10.5 Å². The van der Waals surface area contributed by atoms with Crippen molar-refractivity contribution in [1.29, 1.82) is 0 Å². The maximum atomic E-state index is 12.7. The summed E-state index contributed by atoms with van der Waals surface area (Å²) in [5, 5.41) is 0.520. The summed E-state index contributed by atoms with van der Waals surface area (Å²) in [6, 6.07) is 10.3. The smallest absolute Gasteiger partial charge is 0.196 e. The number of rotatable bonds is 4. The second-order valence-corrected chi connectivity index (χ2v) is 5.62. The van der Waals surface area contributed by atoms with Crippen molar-refractivity contribution in [3.63, 3.8) is 0 Å². The second kappa shape index (κ2) is 6.19. The number of methoxy groups -OCH3 is 1. The number of hydrogen-bond acceptors (Lipinski definition) is 3. The van der Waals surface area contributed by atoms with E-state index in [1.165, 1.54) is 0 Å². The highest BCUT2D eigenvalue weighted by Crippen LogP contribution is 2.34. The van der Waals surface area contributed by atoms with Gasteiger partial charge < -0.3 is 10.5 Å². The summed E-state index contributed by atoms with van der Waals surface area (Å²) in [5.74, 6) is 0.622. The van der Waals surface area contributed by atoms with Crippen LogP contribution in [-0.4, -0.2) is 12.9 Å². The Labute approximate surface area is 129 Å². The summed E-state index contributed by atoms with van der Waals surface area (Å²) in [4.78, 5) is 12.7. The third kappa shape index (κ3) is 3.19. The molecule has 0 aliphatic rings. The maximum Gasteiger partial charge on any atom is 0.196 e. The van der Waals surface area contributed by atoms with Gasteiger partial charge in [-0.25, -0.2) is 0 Å². The molecule has 0 saturated carbocycles. The minimum absolute atomic E-state index is 0.149. The highest BCUT2D eigenvalue weighted by molar-refractivity contribution is 6.31. The predicted molar refractivity (Wildman–Crippen MR) is 86.4 cm³/mol. The lowest BCUT2D eigenvalue weighted by atomic mass is 9.95. The first-order chi connectivity index (χ1) is 9.93. The van der Waals surface area contributed by atoms with Crippen molar-refractivity contribution in [3.05, 3.63) is 58.1 Å². The fourth-order valence-electron chi connectivity index (χ4n) is 2.28. The third-order valence-corrected chi connectivity index (χ3v) is 3.52. The number of halogens is 1. The van der Waals surface area contributed by atoms with Gasteiger partial charge in [-0.05, 0) is 35.7 Å². The van der Waals surface area contributed by atoms with Gasteiger partial charge >= 0.3 is 0 Å². The third-order valence-electron chi connectivity index (χ3n) is 3.30. The molecule has 0 spiro atoms. The Hall–Kier alpha value is -2.00. The van der Waals surface area contributed by atoms with E-state index < -0.39 is 0 Å². The first-order valence-corrected chi connectivity index (χ1v) is 7.09. The van der Waals surface area contributed by atoms with Crippen molar-refractivity contribution < 1.29 is 9.53 Å². The van der Waals surface area contributed by atoms with E-state index in [-0.39, 0.29) is 11.7 Å². The molecule has 110 valence electrons. The van der Waals surface area contributed by atoms with Crippen LogP contribution in [0.4, 0.5) is 5.69 Å². The topological polar surface area (TPSA) is 52.3 Å². The van der Waals surface area contributed by atoms with Gasteiger partial charge in [-0.2, -0.15) is 0 Å². The van der Waals surface area contributed by atoms with E-state index in [4.69, 9.17) is 22.1 Å². The zero-order chi connectivity index (χ0) is 15.6. The van der Waals surface area contributed by atoms with Crippen molar-refractivity contribution in [2.45, 2.75) is 19.8 Å². The quantitative estimate of drug-likeness (QED) is 0.677. The molecule has 0 saturated heterocycles. The van der Waals surface area contributed by atoms with Gasteiger partial charge in [0.25, 0.3) is 0 Å². The van der Waals surface area contributed by atoms with Gasteiger partial charge in [-0.15, -0.1) is 0 Å². The summed E-state index contributed by atoms with van der Waals surface area (Å²) in [6.45, 7) is 4.06. The molecule has 4 heteroatoms. The standard InChI is InChI=1S/C17H18ClNO2/c1-10(2)14-8-12(18)9-15(17(14)21-3)16(20)11-5-4-6-13(19)7-11/h4-10H,19H2,1-3H3. The Morgan fingerprint density at radius 3 is 2.52 bits per heavy atom. The van der Waals surface area contributed by atoms with Gasteiger partial charge in [-0.3, -0.25) is 4.79 Å². The van der Waals surface area contributed by atoms with Crippen LogP contribution in [0.15, 0.2) is 36.4 Å². The molecule has 21 heavy (non-hydrogen) atoms. The van der Waals surface area contributed by atoms with E-state index in [1.54, 1.807) is 37.4 Å². The van der Waals surface area contributed by atoms with Crippen molar-refractivity contribution in [2.24, 2.45) is 0 Å². The normalized spacial score (nSPS) is 10.7. The van der Waals surface area contributed by atoms with Crippen LogP contribution in [0.3, 0.4) is 0 Å². The fourth-order valence-corrected chi connectivity index (χ4v) is 2.50. The Morgan fingerprint density at radius 2 is 1.95 bits per heavy atom. The number of hydrogen-bond donors (Lipinski definition) is 1. The van der Waals surface area contributed by atoms with Crippen LogP contribution >= 0.6 is 11.6 Å². The highest BCUT2D eigenvalue weighted by atomic mass is 35.5. The van der Waals surface area contributed by atoms with Gasteiger partial charge in [0.2, 0.25) is 0 Å². The Bertz CT molecular complexity index is 680. The van der Waals surface area contributed by atoms with Crippen LogP contribution in [0.5, 0.6) is 5.75 Å². The molecule has 0 unspecified atom stereocenters. The van der Waals surface area contributed by atoms with E-state index >= 15 is 0 Å². The number of nitrogens with two attached hydrogens (primary N) is 1. The molecule has 0 radical (unpaired) electrons. The number of carbonyl (C=O) groups excluding carboxylic acids is 1. The molecular weight excluding hydrogens is 286 g/mol. The lowest BCUT2D eigenvalue weighted by Crippen LogP contribution is -2.07. The van der Waals surface area contributed by atoms with E-state index in [0.29, 0.717) is 27.6 Å². The fraction of sp³-hybridized carbons (Fsp3) is 0.235. The molecule has 2 aromatic rings. The molecule has 2 aromatic carbocycles. The van der Waals surface area contributed by atoms with Crippen LogP contribution in [0.1, 0.15) is 41.3 Å². The molecule has 0 bridgehead atoms. The Kier molecular flexibility index (Phi) is 4.53. The number of benzene rings is 2. The van der Waals surface area contributed by atoms with Crippen LogP contribution in [-0.2, 0) is 0 Å². The maximum absolute atomic E-state index is 12.7. The van der Waals surface area contributed by atoms with E-state index in [1.807, 2.05) is 19.9 Å². The molecular formula is C17H18ClNO2. The van der Waals surface area contributed by atoms with Crippen molar-refractivity contribution in [3.8, 4) is 5.75 Å². The largest absolute Gasteiger partial charge is 0.496 e. The molecule has 0 amide bonds. The zero-order valence-electron chi connectivity index (χ0n) is 12.3. The average molecular weight is 304 g/mol. The highest BCUT2D eigenvalue weighted by Gasteiger charge is 2.20. The van der Waals surface area contributed by atoms with Crippen LogP contribution in [0.2, 0.25) is 5.02 Å². The molecule has 0 aliphatic heterocycles. The molecule has 3 nitrogen and oxygen atoms in total. The average Bonchev–Trinajstić information content (AvgIpc) is 2.45. The molecule has 0 heterocycles. The predicted octanol–water partition coefficient (Wildman–Crippen LogP) is 4.29. The number of nitrogen functional groups attached to an aromatic ring is 1. The van der Waals surface area contributed by atoms with Gasteiger partial charge in [-0.1, -0.05) is 37.6 Å². The lowest BCUT2D eigenvalue weighted by Gasteiger charge is -2.16. The summed E-state index contributed by atoms with van der Waals surface area (Å²) < 4.78 is 5.45. The van der Waals surface area contributed by atoms with Gasteiger partial charge in [0.05, 0.1) is 12.7 Å². The Balaban J connectivity index is 2.60. The second-order valence-electron chi connectivity index (χ2n) is 5.19. The molecule has 0 aliphatic carbocycles. The van der Waals surface area contributed by atoms with Gasteiger partial charge in [0, 0.05) is 16.3 Å². The number of ether oxygens (including phenoxy) is 1. The molecule has 0 fully saturated rings. The zero-order valence-corrected chi connectivity index (χ0v) is 13.1. The molecule has 0 atom stereocenters. The summed E-state index contributed by atoms with van der Waals surface area (Å²) in [5.41, 5.74) is 8.18. The number of carbonyl (C=O) groups is 1. The molecule has 2 N–H and O–H groups in total. The van der Waals surface area contributed by atoms with E-state index in [9.17, 15) is 4.79 Å². The molecule has 2 rings (SSSR count). The summed E-state index contributed by atoms with van der Waals surface area (Å²) in [7, 11) is 1.56. The SMILES string of the molecule is COc1c(C(=O)c2cccc(N)c2)cc(Cl)cc1C(C)C. The van der Waals surface area contributed by atoms with Crippen molar-refractivity contribution >= 4 is 23.1 Å². The van der Waals surface area contributed by atoms with Crippen LogP contribution in [0, 0.1) is 0 Å². The minimum Gasteiger partial charge on any atom is -0.496 e. The first kappa shape index (κ1) is 15.4. The summed E-state index contributed by atoms with van der Waals surface area (Å²) >= 11 is 6.15. The van der Waals surface area contributed by atoms with Crippen molar-refractivity contribution in [2.75, 3.05) is 12.8 Å².